The lowest BCUT2D eigenvalue weighted by Gasteiger charge is -2.13. The summed E-state index contributed by atoms with van der Waals surface area (Å²) in [5.74, 6) is -3.89. The molecule has 0 aliphatic heterocycles. The largest absolute Gasteiger partial charge is 0.505 e. The van der Waals surface area contributed by atoms with Crippen LogP contribution in [0, 0.1) is 18.6 Å². The standard InChI is InChI=1S/C22H21F2NO4/c1-4-8-29-22(28)12(2)20-13(3)25(18-11-17(24)19(26)10-16(18)20)21(27)14-6-5-7-15(23)9-14/h5-7,9-12,26H,4,8H2,1-3H3/t12-/m1/s1. The minimum Gasteiger partial charge on any atom is -0.505 e. The van der Waals surface area contributed by atoms with Gasteiger partial charge in [0.05, 0.1) is 18.0 Å². The van der Waals surface area contributed by atoms with Crippen LogP contribution in [0.1, 0.15) is 47.8 Å². The first-order valence-electron chi connectivity index (χ1n) is 9.26. The second-order valence-electron chi connectivity index (χ2n) is 6.86. The van der Waals surface area contributed by atoms with Crippen LogP contribution >= 0.6 is 0 Å². The van der Waals surface area contributed by atoms with Crippen LogP contribution in [0.4, 0.5) is 8.78 Å². The second kappa shape index (κ2) is 8.03. The number of ether oxygens (including phenoxy) is 1. The van der Waals surface area contributed by atoms with E-state index < -0.39 is 35.2 Å². The highest BCUT2D eigenvalue weighted by Gasteiger charge is 2.28. The number of carbonyl (C=O) groups is 2. The van der Waals surface area contributed by atoms with Gasteiger partial charge in [0.2, 0.25) is 0 Å². The third kappa shape index (κ3) is 3.72. The van der Waals surface area contributed by atoms with Gasteiger partial charge in [0.1, 0.15) is 5.82 Å². The third-order valence-electron chi connectivity index (χ3n) is 4.83. The maximum atomic E-state index is 14.1. The summed E-state index contributed by atoms with van der Waals surface area (Å²) < 4.78 is 34.2. The smallest absolute Gasteiger partial charge is 0.313 e. The molecule has 3 aromatic rings. The number of aromatic nitrogens is 1. The van der Waals surface area contributed by atoms with E-state index in [0.29, 0.717) is 23.1 Å². The van der Waals surface area contributed by atoms with Gasteiger partial charge in [0.15, 0.2) is 11.6 Å². The number of halogens is 2. The molecule has 1 heterocycles. The molecule has 0 unspecified atom stereocenters. The van der Waals surface area contributed by atoms with Crippen molar-refractivity contribution in [3.05, 3.63) is 64.9 Å². The number of esters is 1. The fraction of sp³-hybridized carbons (Fsp3) is 0.273. The predicted molar refractivity (Wildman–Crippen MR) is 104 cm³/mol. The van der Waals surface area contributed by atoms with Gasteiger partial charge in [-0.15, -0.1) is 0 Å². The maximum absolute atomic E-state index is 14.1. The van der Waals surface area contributed by atoms with Crippen LogP contribution in [-0.2, 0) is 9.53 Å². The number of hydrogen-bond donors (Lipinski definition) is 1. The summed E-state index contributed by atoms with van der Waals surface area (Å²) in [6, 6.07) is 7.37. The van der Waals surface area contributed by atoms with Crippen molar-refractivity contribution < 1.29 is 28.2 Å². The Morgan fingerprint density at radius 3 is 2.59 bits per heavy atom. The van der Waals surface area contributed by atoms with Gasteiger partial charge in [-0.3, -0.25) is 14.2 Å². The molecule has 3 rings (SSSR count). The van der Waals surface area contributed by atoms with Gasteiger partial charge in [-0.05, 0) is 50.1 Å². The minimum atomic E-state index is -0.906. The summed E-state index contributed by atoms with van der Waals surface area (Å²) in [6.07, 6.45) is 0.656. The number of hydrogen-bond acceptors (Lipinski definition) is 4. The van der Waals surface area contributed by atoms with Gasteiger partial charge in [-0.2, -0.15) is 0 Å². The molecule has 0 amide bonds. The van der Waals surface area contributed by atoms with Crippen molar-refractivity contribution >= 4 is 22.8 Å². The average molecular weight is 401 g/mol. The summed E-state index contributed by atoms with van der Waals surface area (Å²) in [4.78, 5) is 25.5. The molecule has 0 aliphatic rings. The van der Waals surface area contributed by atoms with Crippen LogP contribution in [-0.4, -0.2) is 28.2 Å². The van der Waals surface area contributed by atoms with E-state index in [9.17, 15) is 23.5 Å². The molecule has 0 saturated carbocycles. The molecular weight excluding hydrogens is 380 g/mol. The topological polar surface area (TPSA) is 68.5 Å². The molecule has 1 atom stereocenters. The Morgan fingerprint density at radius 1 is 1.21 bits per heavy atom. The Bertz CT molecular complexity index is 1100. The van der Waals surface area contributed by atoms with E-state index in [1.165, 1.54) is 28.8 Å². The molecule has 0 spiro atoms. The van der Waals surface area contributed by atoms with Gasteiger partial charge in [-0.1, -0.05) is 13.0 Å². The SMILES string of the molecule is CCCOC(=O)[C@H](C)c1c(C)n(C(=O)c2cccc(F)c2)c2cc(F)c(O)cc12. The van der Waals surface area contributed by atoms with Crippen LogP contribution < -0.4 is 0 Å². The van der Waals surface area contributed by atoms with Crippen molar-refractivity contribution in [3.63, 3.8) is 0 Å². The Kier molecular flexibility index (Phi) is 5.68. The maximum Gasteiger partial charge on any atom is 0.313 e. The van der Waals surface area contributed by atoms with Crippen LogP contribution in [0.5, 0.6) is 5.75 Å². The highest BCUT2D eigenvalue weighted by atomic mass is 19.1. The number of benzene rings is 2. The lowest BCUT2D eigenvalue weighted by molar-refractivity contribution is -0.145. The van der Waals surface area contributed by atoms with E-state index in [4.69, 9.17) is 4.74 Å². The number of carbonyl (C=O) groups excluding carboxylic acids is 2. The minimum absolute atomic E-state index is 0.0752. The van der Waals surface area contributed by atoms with Crippen molar-refractivity contribution in [1.29, 1.82) is 0 Å². The molecule has 0 radical (unpaired) electrons. The lowest BCUT2D eigenvalue weighted by Crippen LogP contribution is -2.17. The van der Waals surface area contributed by atoms with Crippen molar-refractivity contribution in [2.45, 2.75) is 33.1 Å². The number of nitrogens with zero attached hydrogens (tertiary/aromatic N) is 1. The Balaban J connectivity index is 2.23. The summed E-state index contributed by atoms with van der Waals surface area (Å²) in [7, 11) is 0. The molecule has 1 aromatic heterocycles. The van der Waals surface area contributed by atoms with Crippen LogP contribution in [0.25, 0.3) is 10.9 Å². The zero-order valence-corrected chi connectivity index (χ0v) is 16.3. The van der Waals surface area contributed by atoms with Crippen molar-refractivity contribution in [1.82, 2.24) is 4.57 Å². The molecule has 0 bridgehead atoms. The quantitative estimate of drug-likeness (QED) is 0.631. The van der Waals surface area contributed by atoms with E-state index in [1.54, 1.807) is 13.8 Å². The molecule has 0 aliphatic carbocycles. The van der Waals surface area contributed by atoms with E-state index in [2.05, 4.69) is 0 Å². The molecule has 1 N–H and O–H groups in total. The molecule has 152 valence electrons. The highest BCUT2D eigenvalue weighted by Crippen LogP contribution is 2.36. The number of fused-ring (bicyclic) bond motifs is 1. The number of rotatable bonds is 5. The average Bonchev–Trinajstić information content (AvgIpc) is 2.96. The number of aromatic hydroxyl groups is 1. The Morgan fingerprint density at radius 2 is 1.93 bits per heavy atom. The zero-order chi connectivity index (χ0) is 21.3. The van der Waals surface area contributed by atoms with Crippen molar-refractivity contribution in [2.75, 3.05) is 6.61 Å². The predicted octanol–water partition coefficient (Wildman–Crippen LogP) is 4.68. The molecule has 0 fully saturated rings. The van der Waals surface area contributed by atoms with Gasteiger partial charge >= 0.3 is 5.97 Å². The van der Waals surface area contributed by atoms with Crippen LogP contribution in [0.2, 0.25) is 0 Å². The molecule has 29 heavy (non-hydrogen) atoms. The third-order valence-corrected chi connectivity index (χ3v) is 4.83. The first-order chi connectivity index (χ1) is 13.8. The summed E-state index contributed by atoms with van der Waals surface area (Å²) in [6.45, 7) is 5.36. The van der Waals surface area contributed by atoms with Gasteiger partial charge in [0.25, 0.3) is 5.91 Å². The molecule has 2 aromatic carbocycles. The first kappa shape index (κ1) is 20.5. The fourth-order valence-electron chi connectivity index (χ4n) is 3.45. The molecule has 5 nitrogen and oxygen atoms in total. The van der Waals surface area contributed by atoms with Crippen molar-refractivity contribution in [2.24, 2.45) is 0 Å². The summed E-state index contributed by atoms with van der Waals surface area (Å²) >= 11 is 0. The van der Waals surface area contributed by atoms with Crippen molar-refractivity contribution in [3.8, 4) is 5.75 Å². The normalized spacial score (nSPS) is 12.2. The summed E-state index contributed by atoms with van der Waals surface area (Å²) in [5, 5.41) is 10.2. The van der Waals surface area contributed by atoms with E-state index in [0.717, 1.165) is 12.1 Å². The van der Waals surface area contributed by atoms with Gasteiger partial charge < -0.3 is 9.84 Å². The second-order valence-corrected chi connectivity index (χ2v) is 6.86. The van der Waals surface area contributed by atoms with Gasteiger partial charge in [-0.25, -0.2) is 8.78 Å². The molecule has 0 saturated heterocycles. The first-order valence-corrected chi connectivity index (χ1v) is 9.26. The molecule has 7 heteroatoms. The fourth-order valence-corrected chi connectivity index (χ4v) is 3.45. The Labute approximate surface area is 166 Å². The number of phenols is 1. The molecular formula is C22H21F2NO4. The van der Waals surface area contributed by atoms with Crippen LogP contribution in [0.3, 0.4) is 0 Å². The lowest BCUT2D eigenvalue weighted by atomic mass is 9.98. The van der Waals surface area contributed by atoms with Crippen LogP contribution in [0.15, 0.2) is 36.4 Å². The van der Waals surface area contributed by atoms with E-state index >= 15 is 0 Å². The number of phenolic OH excluding ortho intramolecular Hbond substituents is 1. The van der Waals surface area contributed by atoms with E-state index in [1.807, 2.05) is 6.92 Å². The zero-order valence-electron chi connectivity index (χ0n) is 16.3. The van der Waals surface area contributed by atoms with Gasteiger partial charge in [0, 0.05) is 22.7 Å². The van der Waals surface area contributed by atoms with E-state index in [-0.39, 0.29) is 17.7 Å². The summed E-state index contributed by atoms with van der Waals surface area (Å²) in [5.41, 5.74) is 1.09. The highest BCUT2D eigenvalue weighted by molar-refractivity contribution is 6.05. The Hall–Kier alpha value is -3.22. The monoisotopic (exact) mass is 401 g/mol.